The molecule has 3 N–H and O–H groups in total. The molecule has 160 valence electrons. The van der Waals surface area contributed by atoms with Gasteiger partial charge in [-0.25, -0.2) is 9.78 Å². The summed E-state index contributed by atoms with van der Waals surface area (Å²) in [4.78, 5) is 47.8. The normalized spacial score (nSPS) is 18.2. The number of urea groups is 1. The molecule has 8 nitrogen and oxygen atoms in total. The van der Waals surface area contributed by atoms with Crippen molar-refractivity contribution in [1.82, 2.24) is 20.2 Å². The van der Waals surface area contributed by atoms with Gasteiger partial charge < -0.3 is 15.6 Å². The van der Waals surface area contributed by atoms with Gasteiger partial charge in [-0.3, -0.25) is 14.5 Å². The molecular formula is C23H19N5O3S. The highest BCUT2D eigenvalue weighted by atomic mass is 32.1. The number of amides is 4. The first kappa shape index (κ1) is 20.0. The summed E-state index contributed by atoms with van der Waals surface area (Å²) in [6.07, 6.45) is 0. The van der Waals surface area contributed by atoms with Crippen molar-refractivity contribution in [3.63, 3.8) is 0 Å². The highest BCUT2D eigenvalue weighted by Gasteiger charge is 2.49. The Bertz CT molecular complexity index is 1330. The maximum Gasteiger partial charge on any atom is 0.325 e. The average molecular weight is 446 g/mol. The van der Waals surface area contributed by atoms with Crippen LogP contribution in [-0.2, 0) is 15.1 Å². The fraction of sp³-hybridized carbons (Fsp3) is 0.130. The van der Waals surface area contributed by atoms with Crippen molar-refractivity contribution in [1.29, 1.82) is 0 Å². The molecule has 1 unspecified atom stereocenters. The molecule has 0 aliphatic carbocycles. The van der Waals surface area contributed by atoms with E-state index in [1.807, 2.05) is 23.6 Å². The lowest BCUT2D eigenvalue weighted by Crippen LogP contribution is -2.42. The standard InChI is InChI=1S/C23H19N5O3S/c1-23(14-6-3-2-4-7-14)21(30)28(22(31)27-23)13-19(29)24-15-9-10-16-17(12-15)26-20(25-16)18-8-5-11-32-18/h2-12H,13H2,1H3,(H,24,29)(H,25,26)(H,27,31). The summed E-state index contributed by atoms with van der Waals surface area (Å²) in [6.45, 7) is 1.26. The van der Waals surface area contributed by atoms with Crippen LogP contribution in [-0.4, -0.2) is 39.3 Å². The summed E-state index contributed by atoms with van der Waals surface area (Å²) in [6, 6.07) is 17.6. The maximum atomic E-state index is 13.0. The first-order valence-electron chi connectivity index (χ1n) is 9.97. The van der Waals surface area contributed by atoms with Crippen LogP contribution in [0.25, 0.3) is 21.7 Å². The van der Waals surface area contributed by atoms with Gasteiger partial charge in [0.25, 0.3) is 5.91 Å². The Hall–Kier alpha value is -3.98. The number of imide groups is 1. The first-order valence-corrected chi connectivity index (χ1v) is 10.9. The predicted molar refractivity (Wildman–Crippen MR) is 122 cm³/mol. The molecule has 32 heavy (non-hydrogen) atoms. The molecule has 1 fully saturated rings. The number of carbonyl (C=O) groups is 3. The van der Waals surface area contributed by atoms with Gasteiger partial charge in [0.15, 0.2) is 0 Å². The van der Waals surface area contributed by atoms with Crippen molar-refractivity contribution >= 4 is 45.9 Å². The van der Waals surface area contributed by atoms with Crippen molar-refractivity contribution in [3.05, 3.63) is 71.6 Å². The summed E-state index contributed by atoms with van der Waals surface area (Å²) in [5.74, 6) is -0.172. The van der Waals surface area contributed by atoms with E-state index in [4.69, 9.17) is 0 Å². The third kappa shape index (κ3) is 3.42. The lowest BCUT2D eigenvalue weighted by atomic mass is 9.92. The van der Waals surface area contributed by atoms with E-state index in [1.54, 1.807) is 60.7 Å². The largest absolute Gasteiger partial charge is 0.337 e. The van der Waals surface area contributed by atoms with Crippen molar-refractivity contribution in [3.8, 4) is 10.7 Å². The highest BCUT2D eigenvalue weighted by Crippen LogP contribution is 2.29. The number of nitrogens with zero attached hydrogens (tertiary/aromatic N) is 2. The van der Waals surface area contributed by atoms with E-state index in [9.17, 15) is 14.4 Å². The van der Waals surface area contributed by atoms with Crippen LogP contribution in [0.5, 0.6) is 0 Å². The summed E-state index contributed by atoms with van der Waals surface area (Å²) in [5, 5.41) is 7.44. The van der Waals surface area contributed by atoms with Crippen molar-refractivity contribution in [2.45, 2.75) is 12.5 Å². The number of fused-ring (bicyclic) bond motifs is 1. The van der Waals surface area contributed by atoms with E-state index in [0.717, 1.165) is 26.6 Å². The number of hydrogen-bond acceptors (Lipinski definition) is 5. The molecule has 9 heteroatoms. The summed E-state index contributed by atoms with van der Waals surface area (Å²) >= 11 is 1.58. The Labute approximate surface area is 187 Å². The molecule has 3 heterocycles. The molecule has 1 atom stereocenters. The molecule has 1 saturated heterocycles. The molecule has 4 aromatic rings. The van der Waals surface area contributed by atoms with Crippen LogP contribution in [0, 0.1) is 0 Å². The number of rotatable bonds is 5. The van der Waals surface area contributed by atoms with Gasteiger partial charge in [0, 0.05) is 5.69 Å². The maximum absolute atomic E-state index is 13.0. The zero-order chi connectivity index (χ0) is 22.3. The number of aromatic nitrogens is 2. The zero-order valence-corrected chi connectivity index (χ0v) is 17.9. The number of H-pyrrole nitrogens is 1. The van der Waals surface area contributed by atoms with Gasteiger partial charge in [-0.15, -0.1) is 11.3 Å². The molecule has 1 aliphatic heterocycles. The number of nitrogens with one attached hydrogen (secondary N) is 3. The fourth-order valence-electron chi connectivity index (χ4n) is 3.77. The Morgan fingerprint density at radius 1 is 1.12 bits per heavy atom. The number of anilines is 1. The third-order valence-corrected chi connectivity index (χ3v) is 6.32. The Kier molecular flexibility index (Phi) is 4.75. The summed E-state index contributed by atoms with van der Waals surface area (Å²) in [7, 11) is 0. The second kappa shape index (κ2) is 7.61. The topological polar surface area (TPSA) is 107 Å². The minimum Gasteiger partial charge on any atom is -0.337 e. The van der Waals surface area contributed by atoms with Crippen LogP contribution in [0.2, 0.25) is 0 Å². The molecule has 2 aromatic heterocycles. The second-order valence-corrected chi connectivity index (χ2v) is 8.60. The van der Waals surface area contributed by atoms with E-state index in [0.29, 0.717) is 11.3 Å². The number of carbonyl (C=O) groups excluding carboxylic acids is 3. The fourth-order valence-corrected chi connectivity index (χ4v) is 4.44. The lowest BCUT2D eigenvalue weighted by Gasteiger charge is -2.22. The number of hydrogen-bond donors (Lipinski definition) is 3. The van der Waals surface area contributed by atoms with E-state index in [2.05, 4.69) is 20.6 Å². The molecule has 0 spiro atoms. The molecule has 1 aliphatic rings. The summed E-state index contributed by atoms with van der Waals surface area (Å²) < 4.78 is 0. The number of imidazole rings is 1. The summed E-state index contributed by atoms with van der Waals surface area (Å²) in [5.41, 5.74) is 1.55. The molecule has 0 bridgehead atoms. The molecule has 2 aromatic carbocycles. The number of benzene rings is 2. The highest BCUT2D eigenvalue weighted by molar-refractivity contribution is 7.13. The predicted octanol–water partition coefficient (Wildman–Crippen LogP) is 3.70. The SMILES string of the molecule is CC1(c2ccccc2)NC(=O)N(CC(=O)Nc2ccc3nc(-c4cccs4)[nH]c3c2)C1=O. The van der Waals surface area contributed by atoms with Gasteiger partial charge in [-0.2, -0.15) is 0 Å². The molecule has 0 saturated carbocycles. The van der Waals surface area contributed by atoms with E-state index in [1.165, 1.54) is 0 Å². The minimum absolute atomic E-state index is 0.380. The van der Waals surface area contributed by atoms with Crippen LogP contribution < -0.4 is 10.6 Å². The van der Waals surface area contributed by atoms with Crippen LogP contribution in [0.1, 0.15) is 12.5 Å². The zero-order valence-electron chi connectivity index (χ0n) is 17.1. The van der Waals surface area contributed by atoms with E-state index >= 15 is 0 Å². The van der Waals surface area contributed by atoms with E-state index < -0.39 is 23.4 Å². The Balaban J connectivity index is 1.31. The second-order valence-electron chi connectivity index (χ2n) is 7.66. The smallest absolute Gasteiger partial charge is 0.325 e. The monoisotopic (exact) mass is 445 g/mol. The first-order chi connectivity index (χ1) is 15.4. The van der Waals surface area contributed by atoms with Crippen LogP contribution >= 0.6 is 11.3 Å². The van der Waals surface area contributed by atoms with Crippen molar-refractivity contribution in [2.24, 2.45) is 0 Å². The van der Waals surface area contributed by atoms with Gasteiger partial charge in [0.1, 0.15) is 17.9 Å². The van der Waals surface area contributed by atoms with Gasteiger partial charge in [0.05, 0.1) is 15.9 Å². The minimum atomic E-state index is -1.20. The average Bonchev–Trinajstić information content (AvgIpc) is 3.50. The van der Waals surface area contributed by atoms with Crippen LogP contribution in [0.4, 0.5) is 10.5 Å². The van der Waals surface area contributed by atoms with Gasteiger partial charge in [-0.05, 0) is 42.1 Å². The molecular weight excluding hydrogens is 426 g/mol. The van der Waals surface area contributed by atoms with Crippen LogP contribution in [0.15, 0.2) is 66.0 Å². The number of aromatic amines is 1. The molecule has 5 rings (SSSR count). The molecule has 4 amide bonds. The quantitative estimate of drug-likeness (QED) is 0.407. The van der Waals surface area contributed by atoms with Gasteiger partial charge >= 0.3 is 6.03 Å². The molecule has 0 radical (unpaired) electrons. The van der Waals surface area contributed by atoms with Gasteiger partial charge in [0.2, 0.25) is 5.91 Å². The lowest BCUT2D eigenvalue weighted by molar-refractivity contribution is -0.133. The number of thiophene rings is 1. The Morgan fingerprint density at radius 3 is 2.69 bits per heavy atom. The van der Waals surface area contributed by atoms with E-state index in [-0.39, 0.29) is 6.54 Å². The third-order valence-electron chi connectivity index (χ3n) is 5.45. The van der Waals surface area contributed by atoms with Crippen molar-refractivity contribution in [2.75, 3.05) is 11.9 Å². The Morgan fingerprint density at radius 2 is 1.94 bits per heavy atom. The van der Waals surface area contributed by atoms with Gasteiger partial charge in [-0.1, -0.05) is 36.4 Å². The van der Waals surface area contributed by atoms with Crippen molar-refractivity contribution < 1.29 is 14.4 Å². The van der Waals surface area contributed by atoms with Crippen LogP contribution in [0.3, 0.4) is 0 Å².